The van der Waals surface area contributed by atoms with E-state index in [-0.39, 0.29) is 0 Å². The third kappa shape index (κ3) is 3.32. The molecule has 1 saturated heterocycles. The molecule has 2 unspecified atom stereocenters. The van der Waals surface area contributed by atoms with Crippen LogP contribution in [0.5, 0.6) is 0 Å². The molecule has 2 aliphatic rings. The van der Waals surface area contributed by atoms with E-state index in [1.807, 2.05) is 0 Å². The van der Waals surface area contributed by atoms with Crippen LogP contribution in [-0.2, 0) is 0 Å². The molecule has 116 valence electrons. The molecule has 2 fully saturated rings. The van der Waals surface area contributed by atoms with Crippen LogP contribution in [0.15, 0.2) is 24.3 Å². The normalized spacial score (nSPS) is 25.5. The molecule has 2 nitrogen and oxygen atoms in total. The lowest BCUT2D eigenvalue weighted by Gasteiger charge is -2.33. The van der Waals surface area contributed by atoms with Gasteiger partial charge in [-0.1, -0.05) is 37.1 Å². The van der Waals surface area contributed by atoms with E-state index in [0.717, 1.165) is 12.0 Å². The van der Waals surface area contributed by atoms with Crippen LogP contribution in [0.2, 0.25) is 0 Å². The van der Waals surface area contributed by atoms with Crippen molar-refractivity contribution in [2.45, 2.75) is 57.5 Å². The third-order valence-corrected chi connectivity index (χ3v) is 5.69. The molecule has 1 heterocycles. The smallest absolute Gasteiger partial charge is 0.0449 e. The van der Waals surface area contributed by atoms with Crippen LogP contribution >= 0.6 is 0 Å². The molecule has 1 aromatic carbocycles. The Bertz CT molecular complexity index is 451. The van der Waals surface area contributed by atoms with Crippen LogP contribution in [0.3, 0.4) is 0 Å². The highest BCUT2D eigenvalue weighted by atomic mass is 15.2. The van der Waals surface area contributed by atoms with Gasteiger partial charge >= 0.3 is 0 Å². The molecule has 1 aliphatic heterocycles. The Balaban J connectivity index is 1.69. The summed E-state index contributed by atoms with van der Waals surface area (Å²) >= 11 is 0. The van der Waals surface area contributed by atoms with E-state index in [1.165, 1.54) is 62.7 Å². The zero-order valence-corrected chi connectivity index (χ0v) is 13.6. The molecule has 1 saturated carbocycles. The third-order valence-electron chi connectivity index (χ3n) is 5.69. The van der Waals surface area contributed by atoms with Gasteiger partial charge in [0.05, 0.1) is 0 Å². The lowest BCUT2D eigenvalue weighted by molar-refractivity contribution is 0.174. The number of benzene rings is 1. The average molecular weight is 286 g/mol. The first-order valence-corrected chi connectivity index (χ1v) is 8.76. The van der Waals surface area contributed by atoms with Crippen molar-refractivity contribution >= 4 is 0 Å². The van der Waals surface area contributed by atoms with Gasteiger partial charge in [0.25, 0.3) is 0 Å². The van der Waals surface area contributed by atoms with Gasteiger partial charge in [-0.15, -0.1) is 0 Å². The van der Waals surface area contributed by atoms with Crippen molar-refractivity contribution < 1.29 is 0 Å². The summed E-state index contributed by atoms with van der Waals surface area (Å²) in [6.45, 7) is 4.70. The first-order chi connectivity index (χ1) is 10.3. The maximum atomic E-state index is 3.56. The van der Waals surface area contributed by atoms with Crippen LogP contribution in [-0.4, -0.2) is 31.1 Å². The van der Waals surface area contributed by atoms with Gasteiger partial charge in [-0.05, 0) is 63.2 Å². The fraction of sp³-hybridized carbons (Fsp3) is 0.684. The van der Waals surface area contributed by atoms with Crippen LogP contribution in [0, 0.1) is 12.8 Å². The number of hydrogen-bond acceptors (Lipinski definition) is 2. The summed E-state index contributed by atoms with van der Waals surface area (Å²) in [5.74, 6) is 0.974. The first kappa shape index (κ1) is 15.1. The molecule has 1 N–H and O–H groups in total. The minimum Gasteiger partial charge on any atom is -0.312 e. The van der Waals surface area contributed by atoms with Crippen molar-refractivity contribution in [2.24, 2.45) is 5.92 Å². The summed E-state index contributed by atoms with van der Waals surface area (Å²) in [5.41, 5.74) is 2.88. The number of hydrogen-bond donors (Lipinski definition) is 1. The van der Waals surface area contributed by atoms with E-state index in [1.54, 1.807) is 0 Å². The van der Waals surface area contributed by atoms with E-state index >= 15 is 0 Å². The predicted molar refractivity (Wildman–Crippen MR) is 89.5 cm³/mol. The number of rotatable bonds is 5. The van der Waals surface area contributed by atoms with Gasteiger partial charge in [-0.2, -0.15) is 0 Å². The highest BCUT2D eigenvalue weighted by molar-refractivity contribution is 5.29. The van der Waals surface area contributed by atoms with Crippen molar-refractivity contribution in [3.63, 3.8) is 0 Å². The standard InChI is InChI=1S/C19H30N2/c1-15-8-3-6-11-17(15)18(20-2)14-21-13-7-12-19(21)16-9-4-5-10-16/h3,6,8,11,16,18-20H,4-5,7,9-10,12-14H2,1-2H3. The fourth-order valence-corrected chi connectivity index (χ4v) is 4.51. The molecule has 0 radical (unpaired) electrons. The molecule has 0 bridgehead atoms. The Labute approximate surface area is 129 Å². The van der Waals surface area contributed by atoms with E-state index < -0.39 is 0 Å². The lowest BCUT2D eigenvalue weighted by Crippen LogP contribution is -2.40. The summed E-state index contributed by atoms with van der Waals surface area (Å²) < 4.78 is 0. The molecule has 1 aromatic rings. The van der Waals surface area contributed by atoms with Crippen molar-refractivity contribution in [2.75, 3.05) is 20.1 Å². The minimum absolute atomic E-state index is 0.466. The molecular formula is C19H30N2. The maximum Gasteiger partial charge on any atom is 0.0449 e. The molecule has 1 aliphatic carbocycles. The molecule has 0 amide bonds. The van der Waals surface area contributed by atoms with Gasteiger partial charge < -0.3 is 5.32 Å². The zero-order valence-electron chi connectivity index (χ0n) is 13.6. The largest absolute Gasteiger partial charge is 0.312 e. The fourth-order valence-electron chi connectivity index (χ4n) is 4.51. The number of likely N-dealkylation sites (tertiary alicyclic amines) is 1. The van der Waals surface area contributed by atoms with E-state index in [4.69, 9.17) is 0 Å². The number of aryl methyl sites for hydroxylation is 1. The van der Waals surface area contributed by atoms with Crippen molar-refractivity contribution in [3.05, 3.63) is 35.4 Å². The minimum atomic E-state index is 0.466. The summed E-state index contributed by atoms with van der Waals surface area (Å²) in [4.78, 5) is 2.78. The van der Waals surface area contributed by atoms with E-state index in [0.29, 0.717) is 6.04 Å². The summed E-state index contributed by atoms with van der Waals surface area (Å²) in [5, 5.41) is 3.56. The van der Waals surface area contributed by atoms with Gasteiger partial charge in [-0.3, -0.25) is 4.90 Å². The Morgan fingerprint density at radius 3 is 2.62 bits per heavy atom. The average Bonchev–Trinajstić information content (AvgIpc) is 3.16. The number of nitrogens with one attached hydrogen (secondary N) is 1. The molecule has 3 rings (SSSR count). The summed E-state index contributed by atoms with van der Waals surface area (Å²) in [6, 6.07) is 10.2. The Morgan fingerprint density at radius 1 is 1.14 bits per heavy atom. The number of nitrogens with zero attached hydrogens (tertiary/aromatic N) is 1. The Kier molecular flexibility index (Phi) is 4.97. The molecule has 2 heteroatoms. The van der Waals surface area contributed by atoms with Gasteiger partial charge in [0.15, 0.2) is 0 Å². The van der Waals surface area contributed by atoms with Gasteiger partial charge in [0.2, 0.25) is 0 Å². The van der Waals surface area contributed by atoms with Crippen molar-refractivity contribution in [1.82, 2.24) is 10.2 Å². The Hall–Kier alpha value is -0.860. The van der Waals surface area contributed by atoms with Crippen molar-refractivity contribution in [3.8, 4) is 0 Å². The summed E-state index contributed by atoms with van der Waals surface area (Å²) in [7, 11) is 2.11. The van der Waals surface area contributed by atoms with Gasteiger partial charge in [0.1, 0.15) is 0 Å². The number of likely N-dealkylation sites (N-methyl/N-ethyl adjacent to an activating group) is 1. The Morgan fingerprint density at radius 2 is 1.90 bits per heavy atom. The monoisotopic (exact) mass is 286 g/mol. The molecule has 0 spiro atoms. The van der Waals surface area contributed by atoms with Crippen LogP contribution in [0.4, 0.5) is 0 Å². The quantitative estimate of drug-likeness (QED) is 0.883. The van der Waals surface area contributed by atoms with Crippen LogP contribution < -0.4 is 5.32 Å². The highest BCUT2D eigenvalue weighted by Gasteiger charge is 2.34. The maximum absolute atomic E-state index is 3.56. The second kappa shape index (κ2) is 6.93. The van der Waals surface area contributed by atoms with Crippen LogP contribution in [0.25, 0.3) is 0 Å². The van der Waals surface area contributed by atoms with E-state index in [2.05, 4.69) is 48.5 Å². The zero-order chi connectivity index (χ0) is 14.7. The second-order valence-electron chi connectivity index (χ2n) is 6.95. The first-order valence-electron chi connectivity index (χ1n) is 8.76. The molecule has 2 atom stereocenters. The molecule has 0 aromatic heterocycles. The van der Waals surface area contributed by atoms with Gasteiger partial charge in [-0.25, -0.2) is 0 Å². The SMILES string of the molecule is CNC(CN1CCCC1C1CCCC1)c1ccccc1C. The topological polar surface area (TPSA) is 15.3 Å². The summed E-state index contributed by atoms with van der Waals surface area (Å²) in [6.07, 6.45) is 8.68. The lowest BCUT2D eigenvalue weighted by atomic mass is 9.95. The predicted octanol–water partition coefficient (Wildman–Crippen LogP) is 3.91. The molecular weight excluding hydrogens is 256 g/mol. The molecule has 21 heavy (non-hydrogen) atoms. The van der Waals surface area contributed by atoms with E-state index in [9.17, 15) is 0 Å². The van der Waals surface area contributed by atoms with Gasteiger partial charge in [0, 0.05) is 18.6 Å². The van der Waals surface area contributed by atoms with Crippen molar-refractivity contribution in [1.29, 1.82) is 0 Å². The highest BCUT2D eigenvalue weighted by Crippen LogP contribution is 2.36. The second-order valence-corrected chi connectivity index (χ2v) is 6.95. The van der Waals surface area contributed by atoms with Crippen LogP contribution in [0.1, 0.15) is 55.7 Å².